The first-order valence-electron chi connectivity index (χ1n) is 7.37. The molecule has 6 heteroatoms. The Morgan fingerprint density at radius 3 is 2.90 bits per heavy atom. The lowest BCUT2D eigenvalue weighted by Crippen LogP contribution is -2.58. The van der Waals surface area contributed by atoms with Crippen LogP contribution in [-0.2, 0) is 9.59 Å². The normalized spacial score (nSPS) is 20.3. The van der Waals surface area contributed by atoms with Gasteiger partial charge in [0.25, 0.3) is 0 Å². The van der Waals surface area contributed by atoms with E-state index in [0.29, 0.717) is 12.2 Å². The van der Waals surface area contributed by atoms with Crippen molar-refractivity contribution in [3.63, 3.8) is 0 Å². The molecular formula is C15H22N4O2. The van der Waals surface area contributed by atoms with Crippen molar-refractivity contribution in [3.8, 4) is 0 Å². The SMILES string of the molecule is CCNC(C)c1cccnc1N1CC(=O)NC(=O)C1CC. The molecule has 0 bridgehead atoms. The third kappa shape index (κ3) is 3.21. The topological polar surface area (TPSA) is 74.3 Å². The smallest absolute Gasteiger partial charge is 0.249 e. The van der Waals surface area contributed by atoms with Crippen molar-refractivity contribution in [1.82, 2.24) is 15.6 Å². The molecule has 0 radical (unpaired) electrons. The first kappa shape index (κ1) is 15.4. The molecule has 114 valence electrons. The van der Waals surface area contributed by atoms with Crippen molar-refractivity contribution >= 4 is 17.6 Å². The lowest BCUT2D eigenvalue weighted by molar-refractivity contribution is -0.132. The van der Waals surface area contributed by atoms with Gasteiger partial charge in [-0.1, -0.05) is 19.9 Å². The number of aromatic nitrogens is 1. The maximum absolute atomic E-state index is 12.0. The van der Waals surface area contributed by atoms with Crippen LogP contribution in [-0.4, -0.2) is 35.9 Å². The Morgan fingerprint density at radius 1 is 1.48 bits per heavy atom. The average Bonchev–Trinajstić information content (AvgIpc) is 2.47. The Hall–Kier alpha value is -1.95. The van der Waals surface area contributed by atoms with Crippen LogP contribution in [0.25, 0.3) is 0 Å². The van der Waals surface area contributed by atoms with Gasteiger partial charge in [0.05, 0.1) is 6.54 Å². The second kappa shape index (κ2) is 6.67. The van der Waals surface area contributed by atoms with Gasteiger partial charge in [-0.15, -0.1) is 0 Å². The molecule has 2 amide bonds. The molecule has 2 N–H and O–H groups in total. The van der Waals surface area contributed by atoms with E-state index in [2.05, 4.69) is 22.5 Å². The Bertz CT molecular complexity index is 532. The maximum Gasteiger partial charge on any atom is 0.249 e. The van der Waals surface area contributed by atoms with E-state index in [9.17, 15) is 9.59 Å². The molecule has 21 heavy (non-hydrogen) atoms. The van der Waals surface area contributed by atoms with Crippen LogP contribution >= 0.6 is 0 Å². The molecule has 2 unspecified atom stereocenters. The summed E-state index contributed by atoms with van der Waals surface area (Å²) < 4.78 is 0. The van der Waals surface area contributed by atoms with E-state index < -0.39 is 0 Å². The van der Waals surface area contributed by atoms with Crippen LogP contribution in [0.4, 0.5) is 5.82 Å². The number of imide groups is 1. The number of nitrogens with one attached hydrogen (secondary N) is 2. The fraction of sp³-hybridized carbons (Fsp3) is 0.533. The molecule has 2 atom stereocenters. The number of rotatable bonds is 5. The molecule has 0 aliphatic carbocycles. The van der Waals surface area contributed by atoms with E-state index in [1.807, 2.05) is 30.9 Å². The first-order valence-corrected chi connectivity index (χ1v) is 7.37. The number of anilines is 1. The summed E-state index contributed by atoms with van der Waals surface area (Å²) in [4.78, 5) is 30.0. The number of amides is 2. The van der Waals surface area contributed by atoms with E-state index in [0.717, 1.165) is 12.1 Å². The Morgan fingerprint density at radius 2 is 2.24 bits per heavy atom. The van der Waals surface area contributed by atoms with Gasteiger partial charge in [-0.05, 0) is 26.0 Å². The summed E-state index contributed by atoms with van der Waals surface area (Å²) in [7, 11) is 0. The predicted molar refractivity (Wildman–Crippen MR) is 80.9 cm³/mol. The summed E-state index contributed by atoms with van der Waals surface area (Å²) >= 11 is 0. The maximum atomic E-state index is 12.0. The summed E-state index contributed by atoms with van der Waals surface area (Å²) in [5.74, 6) is 0.180. The number of nitrogens with zero attached hydrogens (tertiary/aromatic N) is 2. The lowest BCUT2D eigenvalue weighted by Gasteiger charge is -2.36. The van der Waals surface area contributed by atoms with Gasteiger partial charge in [-0.3, -0.25) is 14.9 Å². The third-order valence-electron chi connectivity index (χ3n) is 3.71. The highest BCUT2D eigenvalue weighted by molar-refractivity contribution is 6.04. The number of hydrogen-bond acceptors (Lipinski definition) is 5. The van der Waals surface area contributed by atoms with Crippen LogP contribution in [0.15, 0.2) is 18.3 Å². The Labute approximate surface area is 124 Å². The van der Waals surface area contributed by atoms with Gasteiger partial charge in [0.2, 0.25) is 11.8 Å². The average molecular weight is 290 g/mol. The van der Waals surface area contributed by atoms with Crippen LogP contribution in [0.3, 0.4) is 0 Å². The van der Waals surface area contributed by atoms with Crippen molar-refractivity contribution in [3.05, 3.63) is 23.9 Å². The Balaban J connectivity index is 2.39. The van der Waals surface area contributed by atoms with Crippen LogP contribution in [0.5, 0.6) is 0 Å². The summed E-state index contributed by atoms with van der Waals surface area (Å²) in [6, 6.07) is 3.61. The standard InChI is InChI=1S/C15H22N4O2/c1-4-12-15(21)18-13(20)9-19(12)14-11(7-6-8-17-14)10(3)16-5-2/h6-8,10,12,16H,4-5,9H2,1-3H3,(H,18,20,21). The van der Waals surface area contributed by atoms with Gasteiger partial charge in [0.15, 0.2) is 0 Å². The molecule has 1 aliphatic heterocycles. The number of piperazine rings is 1. The van der Waals surface area contributed by atoms with Crippen molar-refractivity contribution in [2.24, 2.45) is 0 Å². The monoisotopic (exact) mass is 290 g/mol. The lowest BCUT2D eigenvalue weighted by atomic mass is 10.0. The number of carbonyl (C=O) groups is 2. The second-order valence-electron chi connectivity index (χ2n) is 5.16. The van der Waals surface area contributed by atoms with E-state index in [4.69, 9.17) is 0 Å². The molecule has 0 spiro atoms. The fourth-order valence-corrected chi connectivity index (χ4v) is 2.70. The summed E-state index contributed by atoms with van der Waals surface area (Å²) in [5.41, 5.74) is 1.00. The summed E-state index contributed by atoms with van der Waals surface area (Å²) in [5, 5.41) is 5.74. The predicted octanol–water partition coefficient (Wildman–Crippen LogP) is 0.993. The molecule has 1 fully saturated rings. The van der Waals surface area contributed by atoms with Crippen molar-refractivity contribution in [2.75, 3.05) is 18.0 Å². The van der Waals surface area contributed by atoms with Crippen LogP contribution < -0.4 is 15.5 Å². The molecule has 6 nitrogen and oxygen atoms in total. The molecule has 1 aliphatic rings. The molecule has 2 rings (SSSR count). The highest BCUT2D eigenvalue weighted by atomic mass is 16.2. The van der Waals surface area contributed by atoms with Gasteiger partial charge in [-0.2, -0.15) is 0 Å². The number of carbonyl (C=O) groups excluding carboxylic acids is 2. The van der Waals surface area contributed by atoms with Crippen LogP contribution in [0.1, 0.15) is 38.8 Å². The van der Waals surface area contributed by atoms with Gasteiger partial charge < -0.3 is 10.2 Å². The van der Waals surface area contributed by atoms with Crippen LogP contribution in [0.2, 0.25) is 0 Å². The van der Waals surface area contributed by atoms with E-state index in [-0.39, 0.29) is 30.4 Å². The third-order valence-corrected chi connectivity index (χ3v) is 3.71. The molecular weight excluding hydrogens is 268 g/mol. The van der Waals surface area contributed by atoms with E-state index >= 15 is 0 Å². The first-order chi connectivity index (χ1) is 10.1. The summed E-state index contributed by atoms with van der Waals surface area (Å²) in [6.45, 7) is 7.03. The molecule has 1 saturated heterocycles. The molecule has 1 aromatic heterocycles. The molecule has 0 aromatic carbocycles. The van der Waals surface area contributed by atoms with Crippen molar-refractivity contribution in [2.45, 2.75) is 39.3 Å². The largest absolute Gasteiger partial charge is 0.335 e. The zero-order chi connectivity index (χ0) is 15.4. The zero-order valence-electron chi connectivity index (χ0n) is 12.7. The summed E-state index contributed by atoms with van der Waals surface area (Å²) in [6.07, 6.45) is 2.33. The second-order valence-corrected chi connectivity index (χ2v) is 5.16. The van der Waals surface area contributed by atoms with Gasteiger partial charge in [0, 0.05) is 17.8 Å². The minimum absolute atomic E-state index is 0.108. The number of hydrogen-bond donors (Lipinski definition) is 2. The highest BCUT2D eigenvalue weighted by Crippen LogP contribution is 2.27. The zero-order valence-corrected chi connectivity index (χ0v) is 12.7. The van der Waals surface area contributed by atoms with Crippen molar-refractivity contribution < 1.29 is 9.59 Å². The minimum Gasteiger partial charge on any atom is -0.335 e. The minimum atomic E-state index is -0.356. The van der Waals surface area contributed by atoms with Gasteiger partial charge in [-0.25, -0.2) is 4.98 Å². The van der Waals surface area contributed by atoms with E-state index in [1.54, 1.807) is 6.20 Å². The van der Waals surface area contributed by atoms with E-state index in [1.165, 1.54) is 0 Å². The highest BCUT2D eigenvalue weighted by Gasteiger charge is 2.34. The van der Waals surface area contributed by atoms with Gasteiger partial charge in [0.1, 0.15) is 11.9 Å². The molecule has 2 heterocycles. The van der Waals surface area contributed by atoms with Crippen molar-refractivity contribution in [1.29, 1.82) is 0 Å². The molecule has 0 saturated carbocycles. The number of pyridine rings is 1. The van der Waals surface area contributed by atoms with Gasteiger partial charge >= 0.3 is 0 Å². The Kier molecular flexibility index (Phi) is 4.90. The molecule has 1 aromatic rings. The quantitative estimate of drug-likeness (QED) is 0.791. The fourth-order valence-electron chi connectivity index (χ4n) is 2.70. The van der Waals surface area contributed by atoms with Crippen LogP contribution in [0, 0.1) is 0 Å².